The van der Waals surface area contributed by atoms with Gasteiger partial charge in [-0.15, -0.1) is 15.3 Å². The number of carbonyl (C=O) groups is 1. The first kappa shape index (κ1) is 22.5. The van der Waals surface area contributed by atoms with Gasteiger partial charge in [0.25, 0.3) is 5.91 Å². The van der Waals surface area contributed by atoms with E-state index in [-0.39, 0.29) is 18.7 Å². The molecule has 5 aromatic rings. The van der Waals surface area contributed by atoms with Crippen LogP contribution in [0.15, 0.2) is 74.3 Å². The van der Waals surface area contributed by atoms with Crippen LogP contribution >= 0.6 is 15.9 Å². The molecule has 1 N–H and O–H groups in total. The van der Waals surface area contributed by atoms with Crippen LogP contribution in [0.4, 0.5) is 0 Å². The van der Waals surface area contributed by atoms with E-state index in [4.69, 9.17) is 13.9 Å². The SMILES string of the molecule is COc1cccc(-c2nnc3ccc(OCCNC(=O)c4cc5cc(Br)ccc5oc4=O)nn23)c1. The van der Waals surface area contributed by atoms with Gasteiger partial charge in [0.05, 0.1) is 13.7 Å². The van der Waals surface area contributed by atoms with Gasteiger partial charge >= 0.3 is 5.63 Å². The fourth-order valence-corrected chi connectivity index (χ4v) is 3.84. The molecule has 0 aliphatic carbocycles. The lowest BCUT2D eigenvalue weighted by Crippen LogP contribution is -2.31. The molecule has 1 amide bonds. The van der Waals surface area contributed by atoms with E-state index in [0.717, 1.165) is 10.0 Å². The molecule has 5 rings (SSSR count). The second-order valence-electron chi connectivity index (χ2n) is 7.43. The number of methoxy groups -OCH3 is 1. The molecule has 0 aliphatic rings. The van der Waals surface area contributed by atoms with Crippen molar-refractivity contribution < 1.29 is 18.7 Å². The molecule has 35 heavy (non-hydrogen) atoms. The highest BCUT2D eigenvalue weighted by molar-refractivity contribution is 9.10. The van der Waals surface area contributed by atoms with Crippen LogP contribution in [0.1, 0.15) is 10.4 Å². The zero-order chi connectivity index (χ0) is 24.4. The normalized spacial score (nSPS) is 11.0. The van der Waals surface area contributed by atoms with Crippen LogP contribution in [0, 0.1) is 0 Å². The molecule has 11 heteroatoms. The zero-order valence-electron chi connectivity index (χ0n) is 18.4. The summed E-state index contributed by atoms with van der Waals surface area (Å²) in [5.74, 6) is 1.00. The van der Waals surface area contributed by atoms with Crippen LogP contribution in [-0.4, -0.2) is 46.0 Å². The molecule has 0 atom stereocenters. The number of hydrogen-bond donors (Lipinski definition) is 1. The van der Waals surface area contributed by atoms with Crippen molar-refractivity contribution in [2.45, 2.75) is 0 Å². The third-order valence-electron chi connectivity index (χ3n) is 5.14. The highest BCUT2D eigenvalue weighted by Gasteiger charge is 2.14. The molecule has 0 saturated heterocycles. The highest BCUT2D eigenvalue weighted by Crippen LogP contribution is 2.23. The zero-order valence-corrected chi connectivity index (χ0v) is 20.0. The predicted octanol–water partition coefficient (Wildman–Crippen LogP) is 3.48. The van der Waals surface area contributed by atoms with Crippen LogP contribution < -0.4 is 20.4 Å². The van der Waals surface area contributed by atoms with Gasteiger partial charge in [-0.1, -0.05) is 28.1 Å². The number of hydrogen-bond acceptors (Lipinski definition) is 8. The summed E-state index contributed by atoms with van der Waals surface area (Å²) < 4.78 is 18.6. The molecule has 10 nitrogen and oxygen atoms in total. The first-order chi connectivity index (χ1) is 17.0. The number of rotatable bonds is 7. The molecule has 0 bridgehead atoms. The van der Waals surface area contributed by atoms with Crippen molar-refractivity contribution in [2.75, 3.05) is 20.3 Å². The fraction of sp³-hybridized carbons (Fsp3) is 0.125. The molecule has 0 saturated carbocycles. The fourth-order valence-electron chi connectivity index (χ4n) is 3.46. The summed E-state index contributed by atoms with van der Waals surface area (Å²) in [6, 6.07) is 17.5. The number of aromatic nitrogens is 4. The molecule has 0 unspecified atom stereocenters. The molecule has 3 heterocycles. The molecule has 176 valence electrons. The third-order valence-corrected chi connectivity index (χ3v) is 5.64. The van der Waals surface area contributed by atoms with E-state index in [1.54, 1.807) is 42.0 Å². The van der Waals surface area contributed by atoms with Gasteiger partial charge in [-0.2, -0.15) is 4.52 Å². The van der Waals surface area contributed by atoms with E-state index in [9.17, 15) is 9.59 Å². The van der Waals surface area contributed by atoms with E-state index < -0.39 is 11.5 Å². The van der Waals surface area contributed by atoms with Gasteiger partial charge in [0.15, 0.2) is 11.5 Å². The summed E-state index contributed by atoms with van der Waals surface area (Å²) in [7, 11) is 1.59. The van der Waals surface area contributed by atoms with E-state index in [2.05, 4.69) is 36.5 Å². The molecule has 0 fully saturated rings. The average molecular weight is 536 g/mol. The molecule has 0 radical (unpaired) electrons. The van der Waals surface area contributed by atoms with Crippen molar-refractivity contribution in [3.63, 3.8) is 0 Å². The molecule has 3 aromatic heterocycles. The lowest BCUT2D eigenvalue weighted by molar-refractivity contribution is 0.0943. The number of carbonyl (C=O) groups excluding carboxylic acids is 1. The quantitative estimate of drug-likeness (QED) is 0.248. The van der Waals surface area contributed by atoms with E-state index in [1.165, 1.54) is 6.07 Å². The molecular formula is C24H18BrN5O5. The third kappa shape index (κ3) is 4.71. The number of fused-ring (bicyclic) bond motifs is 2. The minimum Gasteiger partial charge on any atom is -0.497 e. The number of amides is 1. The van der Waals surface area contributed by atoms with E-state index >= 15 is 0 Å². The Hall–Kier alpha value is -4.25. The lowest BCUT2D eigenvalue weighted by Gasteiger charge is -2.08. The van der Waals surface area contributed by atoms with Gasteiger partial charge in [0.1, 0.15) is 23.5 Å². The molecule has 0 aliphatic heterocycles. The van der Waals surface area contributed by atoms with Crippen molar-refractivity contribution in [1.82, 2.24) is 25.1 Å². The Morgan fingerprint density at radius 2 is 2.00 bits per heavy atom. The van der Waals surface area contributed by atoms with Crippen molar-refractivity contribution in [3.8, 4) is 23.0 Å². The van der Waals surface area contributed by atoms with Crippen LogP contribution in [0.3, 0.4) is 0 Å². The largest absolute Gasteiger partial charge is 0.497 e. The van der Waals surface area contributed by atoms with Gasteiger partial charge < -0.3 is 19.2 Å². The molecule has 0 spiro atoms. The minimum atomic E-state index is -0.706. The van der Waals surface area contributed by atoms with Crippen LogP contribution in [0.5, 0.6) is 11.6 Å². The maximum absolute atomic E-state index is 12.5. The van der Waals surface area contributed by atoms with Gasteiger partial charge in [-0.05, 0) is 42.5 Å². The second kappa shape index (κ2) is 9.55. The Labute approximate surface area is 206 Å². The molecular weight excluding hydrogens is 518 g/mol. The smallest absolute Gasteiger partial charge is 0.349 e. The summed E-state index contributed by atoms with van der Waals surface area (Å²) in [6.07, 6.45) is 0. The standard InChI is InChI=1S/C24H18BrN5O5/c1-33-17-4-2-3-14(12-17)22-28-27-20-7-8-21(29-30(20)22)34-10-9-26-23(31)18-13-15-11-16(25)5-6-19(15)35-24(18)32/h2-8,11-13H,9-10H2,1H3,(H,26,31). The Balaban J connectivity index is 1.26. The summed E-state index contributed by atoms with van der Waals surface area (Å²) >= 11 is 3.36. The van der Waals surface area contributed by atoms with E-state index in [0.29, 0.717) is 34.1 Å². The topological polar surface area (TPSA) is 121 Å². The maximum Gasteiger partial charge on any atom is 0.349 e. The summed E-state index contributed by atoms with van der Waals surface area (Å²) in [6.45, 7) is 0.282. The molecule has 2 aromatic carbocycles. The van der Waals surface area contributed by atoms with Crippen molar-refractivity contribution in [3.05, 3.63) is 81.1 Å². The highest BCUT2D eigenvalue weighted by atomic mass is 79.9. The summed E-state index contributed by atoms with van der Waals surface area (Å²) in [5.41, 5.74) is 0.959. The van der Waals surface area contributed by atoms with Crippen LogP contribution in [-0.2, 0) is 0 Å². The van der Waals surface area contributed by atoms with Crippen molar-refractivity contribution in [2.24, 2.45) is 0 Å². The minimum absolute atomic E-state index is 0.0810. The van der Waals surface area contributed by atoms with Crippen LogP contribution in [0.25, 0.3) is 28.0 Å². The summed E-state index contributed by atoms with van der Waals surface area (Å²) in [5, 5.41) is 16.1. The van der Waals surface area contributed by atoms with Gasteiger partial charge in [-0.3, -0.25) is 4.79 Å². The van der Waals surface area contributed by atoms with Crippen LogP contribution in [0.2, 0.25) is 0 Å². The van der Waals surface area contributed by atoms with Gasteiger partial charge in [-0.25, -0.2) is 4.79 Å². The van der Waals surface area contributed by atoms with Gasteiger partial charge in [0, 0.05) is 21.5 Å². The monoisotopic (exact) mass is 535 g/mol. The number of halogens is 1. The summed E-state index contributed by atoms with van der Waals surface area (Å²) in [4.78, 5) is 24.7. The Bertz CT molecular complexity index is 1610. The second-order valence-corrected chi connectivity index (χ2v) is 8.35. The van der Waals surface area contributed by atoms with E-state index in [1.807, 2.05) is 24.3 Å². The Morgan fingerprint density at radius 3 is 2.86 bits per heavy atom. The maximum atomic E-state index is 12.5. The number of ether oxygens (including phenoxy) is 2. The first-order valence-electron chi connectivity index (χ1n) is 10.5. The van der Waals surface area contributed by atoms with Crippen molar-refractivity contribution in [1.29, 1.82) is 0 Å². The van der Waals surface area contributed by atoms with Gasteiger partial charge in [0.2, 0.25) is 5.88 Å². The average Bonchev–Trinajstić information content (AvgIpc) is 3.29. The van der Waals surface area contributed by atoms with Crippen molar-refractivity contribution >= 4 is 38.5 Å². The predicted molar refractivity (Wildman–Crippen MR) is 131 cm³/mol. The number of nitrogens with zero attached hydrogens (tertiary/aromatic N) is 4. The lowest BCUT2D eigenvalue weighted by atomic mass is 10.2. The Kier molecular flexibility index (Phi) is 6.15. The number of benzene rings is 2. The first-order valence-corrected chi connectivity index (χ1v) is 11.3. The number of nitrogens with one attached hydrogen (secondary N) is 1. The Morgan fingerprint density at radius 1 is 1.11 bits per heavy atom.